The predicted octanol–water partition coefficient (Wildman–Crippen LogP) is 3.93. The lowest BCUT2D eigenvalue weighted by Crippen LogP contribution is -2.61. The van der Waals surface area contributed by atoms with Gasteiger partial charge in [-0.2, -0.15) is 0 Å². The van der Waals surface area contributed by atoms with E-state index in [0.717, 1.165) is 38.5 Å². The van der Waals surface area contributed by atoms with E-state index in [1.54, 1.807) is 0 Å². The van der Waals surface area contributed by atoms with Gasteiger partial charge in [0.25, 0.3) is 0 Å². The number of hydrogen-bond acceptors (Lipinski definition) is 5. The molecule has 0 aromatic rings. The molecule has 8 atom stereocenters. The Morgan fingerprint density at radius 1 is 1.07 bits per heavy atom. The van der Waals surface area contributed by atoms with Crippen molar-refractivity contribution in [1.82, 2.24) is 0 Å². The van der Waals surface area contributed by atoms with Gasteiger partial charge in [0.05, 0.1) is 13.0 Å². The Labute approximate surface area is 167 Å². The van der Waals surface area contributed by atoms with Crippen molar-refractivity contribution in [3.8, 4) is 0 Å². The first-order valence-corrected chi connectivity index (χ1v) is 11.0. The summed E-state index contributed by atoms with van der Waals surface area (Å²) in [6, 6.07) is 0. The fraction of sp³-hybridized carbons (Fsp3) is 0.870. The zero-order chi connectivity index (χ0) is 20.3. The summed E-state index contributed by atoms with van der Waals surface area (Å²) in [5.41, 5.74) is -0.445. The predicted molar refractivity (Wildman–Crippen MR) is 103 cm³/mol. The number of Topliss-reactive ketones (excluding diaryl/α,β-unsaturated/α-hetero) is 1. The second-order valence-electron chi connectivity index (χ2n) is 10.2. The van der Waals surface area contributed by atoms with Gasteiger partial charge in [-0.25, -0.2) is 0 Å². The first-order chi connectivity index (χ1) is 13.2. The molecule has 0 N–H and O–H groups in total. The van der Waals surface area contributed by atoms with Crippen molar-refractivity contribution < 1.29 is 23.9 Å². The molecule has 0 aromatic heterocycles. The number of fused-ring (bicyclic) bond motifs is 5. The van der Waals surface area contributed by atoms with Crippen molar-refractivity contribution in [3.63, 3.8) is 0 Å². The molecule has 0 radical (unpaired) electrons. The Hall–Kier alpha value is -1.39. The monoisotopic (exact) mass is 390 g/mol. The van der Waals surface area contributed by atoms with Gasteiger partial charge in [0.1, 0.15) is 11.9 Å². The molecule has 0 aliphatic heterocycles. The van der Waals surface area contributed by atoms with Crippen LogP contribution in [0.4, 0.5) is 0 Å². The van der Waals surface area contributed by atoms with Crippen molar-refractivity contribution in [2.45, 2.75) is 78.2 Å². The van der Waals surface area contributed by atoms with E-state index in [1.807, 2.05) is 0 Å². The minimum atomic E-state index is -0.446. The molecule has 28 heavy (non-hydrogen) atoms. The van der Waals surface area contributed by atoms with E-state index in [2.05, 4.69) is 13.8 Å². The van der Waals surface area contributed by atoms with Gasteiger partial charge in [-0.05, 0) is 55.3 Å². The number of esters is 2. The first-order valence-electron chi connectivity index (χ1n) is 11.0. The molecule has 0 unspecified atom stereocenters. The summed E-state index contributed by atoms with van der Waals surface area (Å²) in [7, 11) is 1.43. The zero-order valence-electron chi connectivity index (χ0n) is 17.7. The van der Waals surface area contributed by atoms with Gasteiger partial charge in [0.15, 0.2) is 0 Å². The number of carbonyl (C=O) groups is 3. The highest BCUT2D eigenvalue weighted by Crippen LogP contribution is 2.67. The van der Waals surface area contributed by atoms with Gasteiger partial charge >= 0.3 is 11.9 Å². The maximum Gasteiger partial charge on any atom is 0.309 e. The molecule has 4 fully saturated rings. The summed E-state index contributed by atoms with van der Waals surface area (Å²) in [5, 5.41) is 0. The number of ketones is 1. The number of carbonyl (C=O) groups excluding carboxylic acids is 3. The first kappa shape index (κ1) is 19.9. The second kappa shape index (κ2) is 6.84. The van der Waals surface area contributed by atoms with Crippen LogP contribution in [0.5, 0.6) is 0 Å². The van der Waals surface area contributed by atoms with Gasteiger partial charge in [-0.1, -0.05) is 26.7 Å². The average molecular weight is 391 g/mol. The molecule has 4 saturated carbocycles. The van der Waals surface area contributed by atoms with Crippen LogP contribution >= 0.6 is 0 Å². The third kappa shape index (κ3) is 2.68. The molecule has 4 rings (SSSR count). The Morgan fingerprint density at radius 2 is 1.82 bits per heavy atom. The van der Waals surface area contributed by atoms with Gasteiger partial charge < -0.3 is 9.47 Å². The average Bonchev–Trinajstić information content (AvgIpc) is 3.00. The van der Waals surface area contributed by atoms with Crippen LogP contribution in [0, 0.1) is 40.4 Å². The van der Waals surface area contributed by atoms with E-state index in [0.29, 0.717) is 24.0 Å². The highest BCUT2D eigenvalue weighted by molar-refractivity contribution is 5.83. The van der Waals surface area contributed by atoms with Crippen LogP contribution in [0.2, 0.25) is 0 Å². The standard InChI is InChI=1S/C23H34O5/c1-13(24)28-20-12-18-14(11-19(25)16-7-5-6-10-22(16,18)2)15-8-9-17(21(26)27-4)23(15,20)3/h14-18,20H,5-12H2,1-4H3/t14-,15+,16+,17-,18+,20-,22-,23-/m0/s1. The summed E-state index contributed by atoms with van der Waals surface area (Å²) in [5.74, 6) is 0.734. The van der Waals surface area contributed by atoms with E-state index < -0.39 is 5.41 Å². The minimum Gasteiger partial charge on any atom is -0.469 e. The molecule has 0 saturated heterocycles. The van der Waals surface area contributed by atoms with Crippen molar-refractivity contribution in [2.75, 3.05) is 7.11 Å². The van der Waals surface area contributed by atoms with Crippen LogP contribution in [0.1, 0.15) is 72.1 Å². The number of rotatable bonds is 2. The van der Waals surface area contributed by atoms with Gasteiger partial charge in [0.2, 0.25) is 0 Å². The summed E-state index contributed by atoms with van der Waals surface area (Å²) in [4.78, 5) is 37.7. The third-order valence-electron chi connectivity index (χ3n) is 9.23. The summed E-state index contributed by atoms with van der Waals surface area (Å²) < 4.78 is 11.0. The molecule has 0 aromatic carbocycles. The Balaban J connectivity index is 1.75. The fourth-order valence-corrected chi connectivity index (χ4v) is 7.94. The van der Waals surface area contributed by atoms with E-state index >= 15 is 0 Å². The topological polar surface area (TPSA) is 69.7 Å². The molecular formula is C23H34O5. The van der Waals surface area contributed by atoms with Gasteiger partial charge in [-0.3, -0.25) is 14.4 Å². The molecular weight excluding hydrogens is 356 g/mol. The van der Waals surface area contributed by atoms with E-state index in [9.17, 15) is 14.4 Å². The maximum atomic E-state index is 13.1. The lowest BCUT2D eigenvalue weighted by Gasteiger charge is -2.61. The number of ether oxygens (including phenoxy) is 2. The number of methoxy groups -OCH3 is 1. The largest absolute Gasteiger partial charge is 0.469 e. The normalized spacial score (nSPS) is 47.5. The Kier molecular flexibility index (Phi) is 4.86. The van der Waals surface area contributed by atoms with Crippen molar-refractivity contribution >= 4 is 17.7 Å². The SMILES string of the molecule is COC(=O)[C@@H]1CC[C@@H]2[C@@H]3CC(=O)[C@H]4CCCC[C@]4(C)[C@@H]3C[C@H](OC(C)=O)[C@@]21C. The summed E-state index contributed by atoms with van der Waals surface area (Å²) in [6.07, 6.45) is 7.18. The molecule has 4 aliphatic rings. The highest BCUT2D eigenvalue weighted by atomic mass is 16.5. The van der Waals surface area contributed by atoms with Gasteiger partial charge in [0, 0.05) is 24.7 Å². The van der Waals surface area contributed by atoms with Crippen LogP contribution in [-0.2, 0) is 23.9 Å². The van der Waals surface area contributed by atoms with E-state index in [1.165, 1.54) is 20.5 Å². The smallest absolute Gasteiger partial charge is 0.309 e. The quantitative estimate of drug-likeness (QED) is 0.668. The molecule has 0 heterocycles. The zero-order valence-corrected chi connectivity index (χ0v) is 17.7. The molecule has 4 aliphatic carbocycles. The lowest BCUT2D eigenvalue weighted by atomic mass is 9.44. The molecule has 5 heteroatoms. The lowest BCUT2D eigenvalue weighted by molar-refractivity contribution is -0.196. The van der Waals surface area contributed by atoms with Crippen LogP contribution in [0.3, 0.4) is 0 Å². The highest BCUT2D eigenvalue weighted by Gasteiger charge is 2.66. The Morgan fingerprint density at radius 3 is 2.50 bits per heavy atom. The summed E-state index contributed by atoms with van der Waals surface area (Å²) in [6.45, 7) is 5.88. The van der Waals surface area contributed by atoms with Crippen LogP contribution in [0.15, 0.2) is 0 Å². The molecule has 5 nitrogen and oxygen atoms in total. The van der Waals surface area contributed by atoms with Crippen LogP contribution in [0.25, 0.3) is 0 Å². The van der Waals surface area contributed by atoms with Gasteiger partial charge in [-0.15, -0.1) is 0 Å². The van der Waals surface area contributed by atoms with Crippen LogP contribution in [-0.4, -0.2) is 30.9 Å². The van der Waals surface area contributed by atoms with E-state index in [4.69, 9.17) is 9.47 Å². The second-order valence-corrected chi connectivity index (χ2v) is 10.2. The van der Waals surface area contributed by atoms with E-state index in [-0.39, 0.29) is 41.2 Å². The van der Waals surface area contributed by atoms with Crippen LogP contribution < -0.4 is 0 Å². The maximum absolute atomic E-state index is 13.1. The molecule has 0 bridgehead atoms. The van der Waals surface area contributed by atoms with Crippen molar-refractivity contribution in [2.24, 2.45) is 40.4 Å². The number of hydrogen-bond donors (Lipinski definition) is 0. The van der Waals surface area contributed by atoms with Crippen molar-refractivity contribution in [3.05, 3.63) is 0 Å². The molecule has 0 amide bonds. The minimum absolute atomic E-state index is 0.00132. The third-order valence-corrected chi connectivity index (χ3v) is 9.23. The van der Waals surface area contributed by atoms with Crippen molar-refractivity contribution in [1.29, 1.82) is 0 Å². The fourth-order valence-electron chi connectivity index (χ4n) is 7.94. The summed E-state index contributed by atoms with van der Waals surface area (Å²) >= 11 is 0. The molecule has 156 valence electrons. The molecule has 0 spiro atoms. The Bertz CT molecular complexity index is 686.